The Morgan fingerprint density at radius 1 is 1.67 bits per heavy atom. The first-order chi connectivity index (χ1) is 5.68. The van der Waals surface area contributed by atoms with Crippen LogP contribution in [-0.4, -0.2) is 21.7 Å². The highest BCUT2D eigenvalue weighted by molar-refractivity contribution is 7.10. The molecule has 2 amide bonds. The number of nitrogens with one attached hydrogen (secondary N) is 2. The van der Waals surface area contributed by atoms with Crippen molar-refractivity contribution in [1.82, 2.24) is 14.9 Å². The molecule has 0 spiro atoms. The zero-order valence-corrected chi connectivity index (χ0v) is 7.68. The molecule has 0 aliphatic carbocycles. The molecule has 0 radical (unpaired) electrons. The fraction of sp³-hybridized carbons (Fsp3) is 0.500. The minimum Gasteiger partial charge on any atom is -0.336 e. The molecule has 12 heavy (non-hydrogen) atoms. The molecule has 0 saturated carbocycles. The average molecular weight is 186 g/mol. The van der Waals surface area contributed by atoms with Crippen LogP contribution in [0.2, 0.25) is 0 Å². The maximum atomic E-state index is 11.0. The molecule has 0 fully saturated rings. The third-order valence-corrected chi connectivity index (χ3v) is 1.60. The number of carbonyl (C=O) groups excluding carboxylic acids is 1. The van der Waals surface area contributed by atoms with E-state index >= 15 is 0 Å². The Hall–Kier alpha value is -1.17. The van der Waals surface area contributed by atoms with E-state index < -0.39 is 0 Å². The van der Waals surface area contributed by atoms with Gasteiger partial charge in [-0.2, -0.15) is 0 Å². The Kier molecular flexibility index (Phi) is 2.98. The molecule has 6 heteroatoms. The summed E-state index contributed by atoms with van der Waals surface area (Å²) < 4.78 is 3.60. The van der Waals surface area contributed by atoms with Crippen LogP contribution < -0.4 is 10.6 Å². The Bertz CT molecular complexity index is 246. The Morgan fingerprint density at radius 2 is 2.42 bits per heavy atom. The molecule has 0 bridgehead atoms. The molecular weight excluding hydrogens is 176 g/mol. The molecule has 1 rings (SSSR count). The average Bonchev–Trinajstić information content (AvgIpc) is 2.37. The van der Waals surface area contributed by atoms with E-state index in [0.717, 1.165) is 11.5 Å². The highest BCUT2D eigenvalue weighted by atomic mass is 32.1. The van der Waals surface area contributed by atoms with Gasteiger partial charge in [0.15, 0.2) is 0 Å². The van der Waals surface area contributed by atoms with Crippen molar-refractivity contribution in [3.05, 3.63) is 6.20 Å². The van der Waals surface area contributed by atoms with Gasteiger partial charge in [0.2, 0.25) is 0 Å². The predicted octanol–water partition coefficient (Wildman–Crippen LogP) is 1.07. The number of hydrogen-bond donors (Lipinski definition) is 2. The van der Waals surface area contributed by atoms with E-state index in [-0.39, 0.29) is 12.1 Å². The van der Waals surface area contributed by atoms with Crippen molar-refractivity contribution in [2.75, 3.05) is 5.32 Å². The molecule has 1 aromatic rings. The van der Waals surface area contributed by atoms with Crippen molar-refractivity contribution < 1.29 is 4.79 Å². The van der Waals surface area contributed by atoms with Gasteiger partial charge in [0.1, 0.15) is 5.00 Å². The van der Waals surface area contributed by atoms with E-state index in [1.54, 1.807) is 0 Å². The zero-order chi connectivity index (χ0) is 8.97. The molecule has 1 heterocycles. The third-order valence-electron chi connectivity index (χ3n) is 1.02. The van der Waals surface area contributed by atoms with Crippen LogP contribution in [0.4, 0.5) is 9.80 Å². The lowest BCUT2D eigenvalue weighted by molar-refractivity contribution is 0.250. The van der Waals surface area contributed by atoms with Crippen LogP contribution in [0.5, 0.6) is 0 Å². The summed E-state index contributed by atoms with van der Waals surface area (Å²) in [5.41, 5.74) is 0. The molecule has 2 N–H and O–H groups in total. The van der Waals surface area contributed by atoms with Gasteiger partial charge in [-0.05, 0) is 13.8 Å². The lowest BCUT2D eigenvalue weighted by Gasteiger charge is -2.07. The number of hydrogen-bond acceptors (Lipinski definition) is 4. The molecule has 0 aliphatic heterocycles. The Morgan fingerprint density at radius 3 is 2.92 bits per heavy atom. The van der Waals surface area contributed by atoms with E-state index in [0.29, 0.717) is 5.00 Å². The lowest BCUT2D eigenvalue weighted by atomic mass is 10.4. The van der Waals surface area contributed by atoms with E-state index in [1.165, 1.54) is 6.20 Å². The first-order valence-electron chi connectivity index (χ1n) is 3.53. The van der Waals surface area contributed by atoms with E-state index in [1.807, 2.05) is 13.8 Å². The summed E-state index contributed by atoms with van der Waals surface area (Å²) in [4.78, 5) is 11.0. The summed E-state index contributed by atoms with van der Waals surface area (Å²) in [6.07, 6.45) is 1.50. The van der Waals surface area contributed by atoms with Crippen LogP contribution in [-0.2, 0) is 0 Å². The van der Waals surface area contributed by atoms with Gasteiger partial charge in [-0.25, -0.2) is 4.79 Å². The van der Waals surface area contributed by atoms with Crippen molar-refractivity contribution in [3.8, 4) is 0 Å². The van der Waals surface area contributed by atoms with E-state index in [2.05, 4.69) is 20.2 Å². The SMILES string of the molecule is CC(C)NC(=O)Nc1cnns1. The van der Waals surface area contributed by atoms with Crippen LogP contribution in [0, 0.1) is 0 Å². The second-order valence-electron chi connectivity index (χ2n) is 2.53. The zero-order valence-electron chi connectivity index (χ0n) is 6.87. The Labute approximate surface area is 74.3 Å². The Balaban J connectivity index is 2.37. The summed E-state index contributed by atoms with van der Waals surface area (Å²) in [7, 11) is 0. The molecule has 5 nitrogen and oxygen atoms in total. The van der Waals surface area contributed by atoms with Crippen LogP contribution in [0.1, 0.15) is 13.8 Å². The normalized spacial score (nSPS) is 9.92. The van der Waals surface area contributed by atoms with E-state index in [4.69, 9.17) is 0 Å². The van der Waals surface area contributed by atoms with Gasteiger partial charge < -0.3 is 5.32 Å². The summed E-state index contributed by atoms with van der Waals surface area (Å²) in [6.45, 7) is 3.79. The minimum atomic E-state index is -0.226. The molecule has 0 atom stereocenters. The van der Waals surface area contributed by atoms with Crippen molar-refractivity contribution >= 4 is 22.6 Å². The molecular formula is C6H10N4OS. The van der Waals surface area contributed by atoms with Crippen molar-refractivity contribution in [2.24, 2.45) is 0 Å². The van der Waals surface area contributed by atoms with Crippen molar-refractivity contribution in [3.63, 3.8) is 0 Å². The van der Waals surface area contributed by atoms with E-state index in [9.17, 15) is 4.79 Å². The largest absolute Gasteiger partial charge is 0.336 e. The van der Waals surface area contributed by atoms with Crippen LogP contribution in [0.3, 0.4) is 0 Å². The first-order valence-corrected chi connectivity index (χ1v) is 4.30. The maximum absolute atomic E-state index is 11.0. The number of carbonyl (C=O) groups is 1. The fourth-order valence-electron chi connectivity index (χ4n) is 0.632. The topological polar surface area (TPSA) is 66.9 Å². The molecule has 1 aromatic heterocycles. The monoisotopic (exact) mass is 186 g/mol. The van der Waals surface area contributed by atoms with Crippen LogP contribution >= 0.6 is 11.5 Å². The van der Waals surface area contributed by atoms with Crippen molar-refractivity contribution in [1.29, 1.82) is 0 Å². The summed E-state index contributed by atoms with van der Waals surface area (Å²) in [5, 5.41) is 9.51. The van der Waals surface area contributed by atoms with Gasteiger partial charge in [-0.1, -0.05) is 4.49 Å². The number of nitrogens with zero attached hydrogens (tertiary/aromatic N) is 2. The molecule has 0 aliphatic rings. The number of urea groups is 1. The van der Waals surface area contributed by atoms with Gasteiger partial charge in [-0.3, -0.25) is 5.32 Å². The second kappa shape index (κ2) is 4.01. The van der Waals surface area contributed by atoms with Gasteiger partial charge in [-0.15, -0.1) is 5.10 Å². The van der Waals surface area contributed by atoms with Crippen LogP contribution in [0.15, 0.2) is 6.20 Å². The van der Waals surface area contributed by atoms with Crippen molar-refractivity contribution in [2.45, 2.75) is 19.9 Å². The van der Waals surface area contributed by atoms with Gasteiger partial charge in [0, 0.05) is 17.6 Å². The summed E-state index contributed by atoms with van der Waals surface area (Å²) in [6, 6.07) is -0.0954. The number of rotatable bonds is 2. The second-order valence-corrected chi connectivity index (χ2v) is 3.32. The lowest BCUT2D eigenvalue weighted by Crippen LogP contribution is -2.33. The van der Waals surface area contributed by atoms with Gasteiger partial charge in [0.05, 0.1) is 6.20 Å². The predicted molar refractivity (Wildman–Crippen MR) is 47.2 cm³/mol. The fourth-order valence-corrected chi connectivity index (χ4v) is 1.05. The summed E-state index contributed by atoms with van der Waals surface area (Å²) >= 11 is 1.15. The summed E-state index contributed by atoms with van der Waals surface area (Å²) in [5.74, 6) is 0. The quantitative estimate of drug-likeness (QED) is 0.726. The number of anilines is 1. The number of amides is 2. The van der Waals surface area contributed by atoms with Gasteiger partial charge in [0.25, 0.3) is 0 Å². The molecule has 66 valence electrons. The van der Waals surface area contributed by atoms with Gasteiger partial charge >= 0.3 is 6.03 Å². The third kappa shape index (κ3) is 2.83. The number of aromatic nitrogens is 2. The minimum absolute atomic E-state index is 0.130. The first kappa shape index (κ1) is 8.92. The molecule has 0 unspecified atom stereocenters. The highest BCUT2D eigenvalue weighted by Gasteiger charge is 2.03. The highest BCUT2D eigenvalue weighted by Crippen LogP contribution is 2.08. The standard InChI is InChI=1S/C6H10N4OS/c1-4(2)8-6(11)9-5-3-7-10-12-5/h3-4H,1-2H3,(H2,8,9,11). The smallest absolute Gasteiger partial charge is 0.320 e. The maximum Gasteiger partial charge on any atom is 0.320 e. The molecule has 0 aromatic carbocycles. The van der Waals surface area contributed by atoms with Crippen LogP contribution in [0.25, 0.3) is 0 Å². The molecule has 0 saturated heterocycles.